The Kier molecular flexibility index (Phi) is 6.82. The fraction of sp³-hybridized carbons (Fsp3) is 0. The molecule has 0 saturated heterocycles. The monoisotopic (exact) mass is 688 g/mol. The standard InChI is InChI=1S/C50H32N4/c1-3-14-34(15-4-1)44-32-45(35-16-5-2-6-17-35)52-50(51-44)36-24-26-38(27-25-36)53-46-21-11-9-19-40(46)42-29-30-43-41-20-10-12-22-47(41)54(49(43)48(42)53)39-28-23-33-13-7-8-18-37(33)31-39/h1-32H. The SMILES string of the molecule is c1ccc(-c2cc(-c3ccccc3)nc(-c3ccc(-n4c5ccccc5c5ccc6c7ccccc7n(-c7ccc8ccccc8c7)c6c54)cc3)n2)cc1. The van der Waals surface area contributed by atoms with E-state index in [-0.39, 0.29) is 0 Å². The van der Waals surface area contributed by atoms with Crippen LogP contribution < -0.4 is 0 Å². The van der Waals surface area contributed by atoms with Crippen LogP contribution in [-0.2, 0) is 0 Å². The summed E-state index contributed by atoms with van der Waals surface area (Å²) in [6.45, 7) is 0. The van der Waals surface area contributed by atoms with E-state index in [1.165, 1.54) is 48.9 Å². The Bertz CT molecular complexity index is 3130. The number of hydrogen-bond acceptors (Lipinski definition) is 2. The zero-order valence-corrected chi connectivity index (χ0v) is 29.3. The minimum absolute atomic E-state index is 0.697. The average Bonchev–Trinajstić information content (AvgIpc) is 3.77. The summed E-state index contributed by atoms with van der Waals surface area (Å²) in [5.41, 5.74) is 11.8. The highest BCUT2D eigenvalue weighted by Gasteiger charge is 2.21. The van der Waals surface area contributed by atoms with Gasteiger partial charge in [-0.05, 0) is 65.4 Å². The second kappa shape index (κ2) is 12.1. The van der Waals surface area contributed by atoms with Gasteiger partial charge in [0.1, 0.15) is 0 Å². The fourth-order valence-electron chi connectivity index (χ4n) is 8.20. The maximum absolute atomic E-state index is 5.10. The largest absolute Gasteiger partial charge is 0.307 e. The number of nitrogens with zero attached hydrogens (tertiary/aromatic N) is 4. The number of hydrogen-bond donors (Lipinski definition) is 0. The summed E-state index contributed by atoms with van der Waals surface area (Å²) in [7, 11) is 0. The van der Waals surface area contributed by atoms with Crippen LogP contribution in [0.15, 0.2) is 194 Å². The zero-order chi connectivity index (χ0) is 35.6. The van der Waals surface area contributed by atoms with Gasteiger partial charge in [-0.15, -0.1) is 0 Å². The Balaban J connectivity index is 1.15. The van der Waals surface area contributed by atoms with Crippen LogP contribution in [0.4, 0.5) is 0 Å². The first-order valence-electron chi connectivity index (χ1n) is 18.3. The number of rotatable bonds is 5. The summed E-state index contributed by atoms with van der Waals surface area (Å²) < 4.78 is 4.89. The predicted molar refractivity (Wildman–Crippen MR) is 225 cm³/mol. The van der Waals surface area contributed by atoms with E-state index in [0.717, 1.165) is 45.0 Å². The topological polar surface area (TPSA) is 35.6 Å². The Morgan fingerprint density at radius 1 is 0.315 bits per heavy atom. The van der Waals surface area contributed by atoms with Crippen LogP contribution in [-0.4, -0.2) is 19.1 Å². The first-order chi connectivity index (χ1) is 26.8. The van der Waals surface area contributed by atoms with Crippen molar-refractivity contribution in [1.82, 2.24) is 19.1 Å². The van der Waals surface area contributed by atoms with E-state index in [1.807, 2.05) is 12.1 Å². The molecule has 0 radical (unpaired) electrons. The third-order valence-corrected chi connectivity index (χ3v) is 10.7. The van der Waals surface area contributed by atoms with Crippen LogP contribution >= 0.6 is 0 Å². The smallest absolute Gasteiger partial charge is 0.160 e. The maximum Gasteiger partial charge on any atom is 0.160 e. The molecule has 0 atom stereocenters. The van der Waals surface area contributed by atoms with Gasteiger partial charge in [0.15, 0.2) is 5.82 Å². The molecule has 4 heteroatoms. The number of fused-ring (bicyclic) bond motifs is 8. The van der Waals surface area contributed by atoms with Gasteiger partial charge in [0, 0.05) is 49.6 Å². The molecule has 3 aromatic heterocycles. The molecule has 0 unspecified atom stereocenters. The number of aromatic nitrogens is 4. The summed E-state index contributed by atoms with van der Waals surface area (Å²) >= 11 is 0. The maximum atomic E-state index is 5.10. The molecule has 0 aliphatic heterocycles. The van der Waals surface area contributed by atoms with Crippen molar-refractivity contribution in [2.75, 3.05) is 0 Å². The lowest BCUT2D eigenvalue weighted by atomic mass is 10.1. The first-order valence-corrected chi connectivity index (χ1v) is 18.3. The van der Waals surface area contributed by atoms with E-state index in [9.17, 15) is 0 Å². The third-order valence-electron chi connectivity index (χ3n) is 10.7. The Hall–Kier alpha value is -7.30. The van der Waals surface area contributed by atoms with Crippen LogP contribution in [0.1, 0.15) is 0 Å². The van der Waals surface area contributed by atoms with Crippen molar-refractivity contribution < 1.29 is 0 Å². The Labute approximate surface area is 311 Å². The van der Waals surface area contributed by atoms with E-state index in [2.05, 4.69) is 191 Å². The predicted octanol–water partition coefficient (Wildman–Crippen LogP) is 12.8. The molecular weight excluding hydrogens is 657 g/mol. The molecule has 0 spiro atoms. The molecule has 4 nitrogen and oxygen atoms in total. The van der Waals surface area contributed by atoms with E-state index >= 15 is 0 Å². The van der Waals surface area contributed by atoms with E-state index in [0.29, 0.717) is 5.82 Å². The van der Waals surface area contributed by atoms with Crippen LogP contribution in [0, 0.1) is 0 Å². The Morgan fingerprint density at radius 2 is 0.796 bits per heavy atom. The highest BCUT2D eigenvalue weighted by molar-refractivity contribution is 6.23. The van der Waals surface area contributed by atoms with Gasteiger partial charge < -0.3 is 9.13 Å². The molecule has 11 rings (SSSR count). The summed E-state index contributed by atoms with van der Waals surface area (Å²) in [6.07, 6.45) is 0. The van der Waals surface area contributed by atoms with Gasteiger partial charge in [0.25, 0.3) is 0 Å². The molecule has 0 aliphatic rings. The van der Waals surface area contributed by atoms with Crippen LogP contribution in [0.3, 0.4) is 0 Å². The summed E-state index contributed by atoms with van der Waals surface area (Å²) in [4.78, 5) is 10.2. The molecule has 54 heavy (non-hydrogen) atoms. The van der Waals surface area contributed by atoms with Crippen molar-refractivity contribution in [3.05, 3.63) is 194 Å². The van der Waals surface area contributed by atoms with E-state index in [4.69, 9.17) is 9.97 Å². The van der Waals surface area contributed by atoms with Crippen LogP contribution in [0.25, 0.3) is 99.7 Å². The van der Waals surface area contributed by atoms with Gasteiger partial charge >= 0.3 is 0 Å². The van der Waals surface area contributed by atoms with Crippen molar-refractivity contribution in [1.29, 1.82) is 0 Å². The third kappa shape index (κ3) is 4.78. The summed E-state index contributed by atoms with van der Waals surface area (Å²) in [6, 6.07) is 69.0. The van der Waals surface area contributed by atoms with Crippen molar-refractivity contribution in [2.45, 2.75) is 0 Å². The molecule has 8 aromatic carbocycles. The number of para-hydroxylation sites is 2. The highest BCUT2D eigenvalue weighted by Crippen LogP contribution is 2.42. The molecule has 11 aromatic rings. The van der Waals surface area contributed by atoms with Crippen LogP contribution in [0.2, 0.25) is 0 Å². The molecular formula is C50H32N4. The normalized spacial score (nSPS) is 11.7. The second-order valence-corrected chi connectivity index (χ2v) is 13.8. The molecule has 252 valence electrons. The Morgan fingerprint density at radius 3 is 1.39 bits per heavy atom. The fourth-order valence-corrected chi connectivity index (χ4v) is 8.20. The van der Waals surface area contributed by atoms with Gasteiger partial charge in [-0.2, -0.15) is 0 Å². The molecule has 0 N–H and O–H groups in total. The minimum atomic E-state index is 0.697. The van der Waals surface area contributed by atoms with E-state index in [1.54, 1.807) is 0 Å². The van der Waals surface area contributed by atoms with Crippen molar-refractivity contribution >= 4 is 54.4 Å². The lowest BCUT2D eigenvalue weighted by molar-refractivity contribution is 1.15. The summed E-state index contributed by atoms with van der Waals surface area (Å²) in [5, 5.41) is 7.36. The molecule has 0 bridgehead atoms. The molecule has 0 fully saturated rings. The molecule has 0 aliphatic carbocycles. The van der Waals surface area contributed by atoms with Crippen LogP contribution in [0.5, 0.6) is 0 Å². The van der Waals surface area contributed by atoms with E-state index < -0.39 is 0 Å². The van der Waals surface area contributed by atoms with Gasteiger partial charge in [-0.3, -0.25) is 0 Å². The quantitative estimate of drug-likeness (QED) is 0.180. The zero-order valence-electron chi connectivity index (χ0n) is 29.3. The van der Waals surface area contributed by atoms with Crippen molar-refractivity contribution in [2.24, 2.45) is 0 Å². The van der Waals surface area contributed by atoms with Gasteiger partial charge in [-0.1, -0.05) is 140 Å². The molecule has 0 saturated carbocycles. The van der Waals surface area contributed by atoms with Crippen molar-refractivity contribution in [3.8, 4) is 45.3 Å². The average molecular weight is 689 g/mol. The van der Waals surface area contributed by atoms with Gasteiger partial charge in [0.05, 0.1) is 33.5 Å². The number of benzene rings is 8. The lowest BCUT2D eigenvalue weighted by Crippen LogP contribution is -1.99. The molecule has 3 heterocycles. The van der Waals surface area contributed by atoms with Gasteiger partial charge in [-0.25, -0.2) is 9.97 Å². The minimum Gasteiger partial charge on any atom is -0.307 e. The van der Waals surface area contributed by atoms with Gasteiger partial charge in [0.2, 0.25) is 0 Å². The molecule has 0 amide bonds. The lowest BCUT2D eigenvalue weighted by Gasteiger charge is -2.14. The highest BCUT2D eigenvalue weighted by atomic mass is 15.0. The summed E-state index contributed by atoms with van der Waals surface area (Å²) in [5.74, 6) is 0.697. The first kappa shape index (κ1) is 30.3. The van der Waals surface area contributed by atoms with Crippen molar-refractivity contribution in [3.63, 3.8) is 0 Å². The second-order valence-electron chi connectivity index (χ2n) is 13.8.